The third kappa shape index (κ3) is 3.23. The smallest absolute Gasteiger partial charge is 0.337 e. The predicted molar refractivity (Wildman–Crippen MR) is 74.0 cm³/mol. The average Bonchev–Trinajstić information content (AvgIpc) is 3.05. The first-order chi connectivity index (χ1) is 8.47. The number of hydrogen-bond donors (Lipinski definition) is 3. The number of benzene rings is 1. The molecule has 2 amide bonds. The van der Waals surface area contributed by atoms with Crippen LogP contribution in [0.4, 0.5) is 10.5 Å². The van der Waals surface area contributed by atoms with Crippen LogP contribution in [-0.2, 0) is 0 Å². The van der Waals surface area contributed by atoms with Crippen LogP contribution in [0.25, 0.3) is 0 Å². The third-order valence-corrected chi connectivity index (χ3v) is 3.52. The zero-order valence-electron chi connectivity index (χ0n) is 9.17. The normalized spacial score (nSPS) is 14.1. The Hall–Kier alpha value is -1.08. The van der Waals surface area contributed by atoms with Crippen LogP contribution in [-0.4, -0.2) is 23.1 Å². The molecule has 1 fully saturated rings. The third-order valence-electron chi connectivity index (χ3n) is 2.44. The van der Waals surface area contributed by atoms with E-state index >= 15 is 0 Å². The van der Waals surface area contributed by atoms with Gasteiger partial charge < -0.3 is 15.7 Å². The zero-order chi connectivity index (χ0) is 13.3. The molecule has 5 nitrogen and oxygen atoms in total. The number of urea groups is 1. The first-order valence-electron chi connectivity index (χ1n) is 5.27. The van der Waals surface area contributed by atoms with E-state index in [9.17, 15) is 9.59 Å². The van der Waals surface area contributed by atoms with E-state index in [4.69, 9.17) is 5.11 Å². The van der Waals surface area contributed by atoms with E-state index in [0.717, 1.165) is 12.8 Å². The van der Waals surface area contributed by atoms with E-state index in [0.29, 0.717) is 8.95 Å². The van der Waals surface area contributed by atoms with Crippen molar-refractivity contribution in [1.82, 2.24) is 5.32 Å². The van der Waals surface area contributed by atoms with E-state index < -0.39 is 5.97 Å². The molecule has 0 aliphatic heterocycles. The van der Waals surface area contributed by atoms with Crippen LogP contribution in [0.1, 0.15) is 23.2 Å². The summed E-state index contributed by atoms with van der Waals surface area (Å²) in [5, 5.41) is 14.4. The Morgan fingerprint density at radius 1 is 1.28 bits per heavy atom. The molecule has 1 aromatic rings. The van der Waals surface area contributed by atoms with Gasteiger partial charge in [0, 0.05) is 15.0 Å². The van der Waals surface area contributed by atoms with Gasteiger partial charge in [-0.05, 0) is 40.9 Å². The van der Waals surface area contributed by atoms with E-state index in [1.54, 1.807) is 6.07 Å². The molecule has 0 bridgehead atoms. The quantitative estimate of drug-likeness (QED) is 0.756. The number of nitrogens with one attached hydrogen (secondary N) is 2. The lowest BCUT2D eigenvalue weighted by atomic mass is 10.2. The number of carbonyl (C=O) groups is 2. The van der Waals surface area contributed by atoms with Crippen LogP contribution in [0.15, 0.2) is 21.1 Å². The number of rotatable bonds is 3. The molecule has 0 radical (unpaired) electrons. The molecule has 1 aliphatic carbocycles. The fraction of sp³-hybridized carbons (Fsp3) is 0.273. The van der Waals surface area contributed by atoms with Crippen molar-refractivity contribution in [2.75, 3.05) is 5.32 Å². The fourth-order valence-electron chi connectivity index (χ4n) is 1.43. The van der Waals surface area contributed by atoms with Gasteiger partial charge in [0.1, 0.15) is 0 Å². The van der Waals surface area contributed by atoms with Crippen LogP contribution in [0, 0.1) is 0 Å². The average molecular weight is 378 g/mol. The molecule has 96 valence electrons. The molecular weight excluding hydrogens is 368 g/mol. The van der Waals surface area contributed by atoms with Gasteiger partial charge in [0.2, 0.25) is 0 Å². The highest BCUT2D eigenvalue weighted by Gasteiger charge is 2.24. The highest BCUT2D eigenvalue weighted by molar-refractivity contribution is 9.11. The molecule has 0 aromatic heterocycles. The molecule has 2 rings (SSSR count). The summed E-state index contributed by atoms with van der Waals surface area (Å²) in [6, 6.07) is 2.95. The van der Waals surface area contributed by atoms with Crippen molar-refractivity contribution in [1.29, 1.82) is 0 Å². The van der Waals surface area contributed by atoms with Crippen LogP contribution < -0.4 is 10.6 Å². The zero-order valence-corrected chi connectivity index (χ0v) is 12.3. The minimum Gasteiger partial charge on any atom is -0.478 e. The van der Waals surface area contributed by atoms with Crippen molar-refractivity contribution in [2.45, 2.75) is 18.9 Å². The van der Waals surface area contributed by atoms with Gasteiger partial charge >= 0.3 is 12.0 Å². The molecule has 18 heavy (non-hydrogen) atoms. The monoisotopic (exact) mass is 376 g/mol. The second-order valence-electron chi connectivity index (χ2n) is 3.99. The molecule has 1 aromatic carbocycles. The lowest BCUT2D eigenvalue weighted by Gasteiger charge is -2.12. The Morgan fingerprint density at radius 2 is 1.94 bits per heavy atom. The Morgan fingerprint density at radius 3 is 2.50 bits per heavy atom. The Bertz CT molecular complexity index is 515. The minimum absolute atomic E-state index is 0.0298. The molecule has 0 spiro atoms. The first-order valence-corrected chi connectivity index (χ1v) is 6.86. The fourth-order valence-corrected chi connectivity index (χ4v) is 2.76. The van der Waals surface area contributed by atoms with Gasteiger partial charge in [-0.25, -0.2) is 9.59 Å². The SMILES string of the molecule is O=C(Nc1c(Br)cc(Br)cc1C(=O)O)NC1CC1. The minimum atomic E-state index is -1.10. The van der Waals surface area contributed by atoms with Crippen molar-refractivity contribution < 1.29 is 14.7 Å². The van der Waals surface area contributed by atoms with Crippen LogP contribution in [0.3, 0.4) is 0 Å². The summed E-state index contributed by atoms with van der Waals surface area (Å²) in [7, 11) is 0. The molecule has 0 atom stereocenters. The molecule has 0 unspecified atom stereocenters. The first kappa shape index (κ1) is 13.4. The van der Waals surface area contributed by atoms with Crippen molar-refractivity contribution in [3.05, 3.63) is 26.6 Å². The van der Waals surface area contributed by atoms with Gasteiger partial charge in [0.05, 0.1) is 11.3 Å². The number of amides is 2. The number of carbonyl (C=O) groups excluding carboxylic acids is 1. The molecule has 1 saturated carbocycles. The summed E-state index contributed by atoms with van der Waals surface area (Å²) in [4.78, 5) is 22.8. The summed E-state index contributed by atoms with van der Waals surface area (Å²) in [5.74, 6) is -1.10. The number of halogens is 2. The van der Waals surface area contributed by atoms with Gasteiger partial charge in [-0.15, -0.1) is 0 Å². The van der Waals surface area contributed by atoms with Gasteiger partial charge in [0.25, 0.3) is 0 Å². The number of aromatic carboxylic acids is 1. The highest BCUT2D eigenvalue weighted by Crippen LogP contribution is 2.31. The van der Waals surface area contributed by atoms with Crippen LogP contribution >= 0.6 is 31.9 Å². The van der Waals surface area contributed by atoms with E-state index in [1.807, 2.05) is 0 Å². The number of anilines is 1. The molecule has 0 heterocycles. The standard InChI is InChI=1S/C11H10Br2N2O3/c12-5-3-7(10(16)17)9(8(13)4-5)15-11(18)14-6-1-2-6/h3-4,6H,1-2H2,(H,16,17)(H2,14,15,18). The van der Waals surface area contributed by atoms with E-state index in [2.05, 4.69) is 42.5 Å². The molecule has 7 heteroatoms. The summed E-state index contributed by atoms with van der Waals surface area (Å²) in [6.07, 6.45) is 1.95. The summed E-state index contributed by atoms with van der Waals surface area (Å²) >= 11 is 6.45. The largest absolute Gasteiger partial charge is 0.478 e. The molecule has 1 aliphatic rings. The highest BCUT2D eigenvalue weighted by atomic mass is 79.9. The van der Waals surface area contributed by atoms with Gasteiger partial charge in [0.15, 0.2) is 0 Å². The van der Waals surface area contributed by atoms with Gasteiger partial charge in [-0.2, -0.15) is 0 Å². The molecule has 0 saturated heterocycles. The Kier molecular flexibility index (Phi) is 3.91. The van der Waals surface area contributed by atoms with E-state index in [1.165, 1.54) is 6.07 Å². The molecular formula is C11H10Br2N2O3. The van der Waals surface area contributed by atoms with Gasteiger partial charge in [-0.1, -0.05) is 15.9 Å². The Balaban J connectivity index is 2.24. The topological polar surface area (TPSA) is 78.4 Å². The van der Waals surface area contributed by atoms with E-state index in [-0.39, 0.29) is 23.3 Å². The molecule has 3 N–H and O–H groups in total. The maximum Gasteiger partial charge on any atom is 0.337 e. The summed E-state index contributed by atoms with van der Waals surface area (Å²) in [5.41, 5.74) is 0.283. The van der Waals surface area contributed by atoms with Crippen molar-refractivity contribution in [3.8, 4) is 0 Å². The van der Waals surface area contributed by atoms with Crippen LogP contribution in [0.2, 0.25) is 0 Å². The summed E-state index contributed by atoms with van der Waals surface area (Å²) < 4.78 is 1.14. The Labute approximate surface area is 120 Å². The maximum absolute atomic E-state index is 11.6. The van der Waals surface area contributed by atoms with Crippen molar-refractivity contribution in [3.63, 3.8) is 0 Å². The number of carboxylic acid groups (broad SMARTS) is 1. The van der Waals surface area contributed by atoms with Crippen molar-refractivity contribution in [2.24, 2.45) is 0 Å². The van der Waals surface area contributed by atoms with Crippen LogP contribution in [0.5, 0.6) is 0 Å². The van der Waals surface area contributed by atoms with Gasteiger partial charge in [-0.3, -0.25) is 0 Å². The maximum atomic E-state index is 11.6. The lowest BCUT2D eigenvalue weighted by molar-refractivity contribution is 0.0698. The predicted octanol–water partition coefficient (Wildman–Crippen LogP) is 3.19. The lowest BCUT2D eigenvalue weighted by Crippen LogP contribution is -2.31. The second-order valence-corrected chi connectivity index (χ2v) is 5.76. The number of carboxylic acids is 1. The van der Waals surface area contributed by atoms with Crippen molar-refractivity contribution >= 4 is 49.5 Å². The summed E-state index contributed by atoms with van der Waals surface area (Å²) in [6.45, 7) is 0. The number of hydrogen-bond acceptors (Lipinski definition) is 2. The second kappa shape index (κ2) is 5.27.